The van der Waals surface area contributed by atoms with E-state index in [0.717, 1.165) is 49.0 Å². The number of benzene rings is 1. The Morgan fingerprint density at radius 1 is 1.26 bits per heavy atom. The molecule has 1 aromatic carbocycles. The highest BCUT2D eigenvalue weighted by Gasteiger charge is 2.15. The highest BCUT2D eigenvalue weighted by molar-refractivity contribution is 5.33. The Hall–Kier alpha value is -1.96. The molecule has 2 heterocycles. The number of aliphatic hydroxyl groups is 1. The molecule has 1 saturated heterocycles. The monoisotopic (exact) mass is 373 g/mol. The summed E-state index contributed by atoms with van der Waals surface area (Å²) < 4.78 is 5.91. The van der Waals surface area contributed by atoms with Crippen LogP contribution in [0.15, 0.2) is 24.3 Å². The molecule has 7 nitrogen and oxygen atoms in total. The molecule has 1 aliphatic heterocycles. The lowest BCUT2D eigenvalue weighted by Crippen LogP contribution is -2.38. The van der Waals surface area contributed by atoms with E-state index in [0.29, 0.717) is 19.7 Å². The summed E-state index contributed by atoms with van der Waals surface area (Å²) in [5.74, 6) is 2.49. The SMILES string of the molecule is Cc1nc(CCNCc2ccccc2OC[C@@H](O)CN2CCCCC2)n[nH]1. The molecule has 1 fully saturated rings. The fraction of sp³-hybridized carbons (Fsp3) is 0.600. The number of likely N-dealkylation sites (tertiary alicyclic amines) is 1. The zero-order valence-corrected chi connectivity index (χ0v) is 16.2. The zero-order valence-electron chi connectivity index (χ0n) is 16.2. The quantitative estimate of drug-likeness (QED) is 0.549. The molecular formula is C20H31N5O2. The van der Waals surface area contributed by atoms with Gasteiger partial charge in [0.25, 0.3) is 0 Å². The Balaban J connectivity index is 1.41. The molecule has 148 valence electrons. The fourth-order valence-electron chi connectivity index (χ4n) is 3.39. The number of nitrogens with zero attached hydrogens (tertiary/aromatic N) is 3. The maximum Gasteiger partial charge on any atom is 0.151 e. The highest BCUT2D eigenvalue weighted by Crippen LogP contribution is 2.18. The molecule has 27 heavy (non-hydrogen) atoms. The van der Waals surface area contributed by atoms with Crippen LogP contribution < -0.4 is 10.1 Å². The van der Waals surface area contributed by atoms with Crippen molar-refractivity contribution in [3.8, 4) is 5.75 Å². The lowest BCUT2D eigenvalue weighted by molar-refractivity contribution is 0.0614. The van der Waals surface area contributed by atoms with Crippen molar-refractivity contribution in [2.45, 2.75) is 45.3 Å². The number of hydrogen-bond donors (Lipinski definition) is 3. The van der Waals surface area contributed by atoms with E-state index in [1.54, 1.807) is 0 Å². The van der Waals surface area contributed by atoms with Crippen molar-refractivity contribution < 1.29 is 9.84 Å². The number of piperidine rings is 1. The predicted molar refractivity (Wildman–Crippen MR) is 105 cm³/mol. The first-order valence-corrected chi connectivity index (χ1v) is 9.90. The first kappa shape index (κ1) is 19.8. The van der Waals surface area contributed by atoms with E-state index in [2.05, 4.69) is 31.5 Å². The number of aromatic amines is 1. The van der Waals surface area contributed by atoms with Crippen LogP contribution in [0, 0.1) is 6.92 Å². The minimum absolute atomic E-state index is 0.323. The molecule has 1 aliphatic rings. The maximum atomic E-state index is 10.3. The van der Waals surface area contributed by atoms with Crippen molar-refractivity contribution in [3.05, 3.63) is 41.5 Å². The van der Waals surface area contributed by atoms with Crippen molar-refractivity contribution in [1.29, 1.82) is 0 Å². The average Bonchev–Trinajstić information content (AvgIpc) is 3.10. The third kappa shape index (κ3) is 6.61. The Morgan fingerprint density at radius 2 is 2.07 bits per heavy atom. The van der Waals surface area contributed by atoms with Gasteiger partial charge in [-0.15, -0.1) is 0 Å². The van der Waals surface area contributed by atoms with Crippen LogP contribution in [0.1, 0.15) is 36.5 Å². The van der Waals surface area contributed by atoms with Gasteiger partial charge in [-0.05, 0) is 38.9 Å². The number of β-amino-alcohol motifs (C(OH)–C–C–N with tert-alkyl or cyclic N) is 1. The van der Waals surface area contributed by atoms with Crippen LogP contribution in [0.2, 0.25) is 0 Å². The van der Waals surface area contributed by atoms with Crippen molar-refractivity contribution in [2.75, 3.05) is 32.8 Å². The summed E-state index contributed by atoms with van der Waals surface area (Å²) in [6, 6.07) is 7.98. The smallest absolute Gasteiger partial charge is 0.151 e. The van der Waals surface area contributed by atoms with Gasteiger partial charge in [0.2, 0.25) is 0 Å². The van der Waals surface area contributed by atoms with Gasteiger partial charge in [0.15, 0.2) is 5.82 Å². The third-order valence-corrected chi connectivity index (χ3v) is 4.81. The van der Waals surface area contributed by atoms with Gasteiger partial charge >= 0.3 is 0 Å². The van der Waals surface area contributed by atoms with E-state index < -0.39 is 6.10 Å². The van der Waals surface area contributed by atoms with Gasteiger partial charge in [0.1, 0.15) is 24.3 Å². The molecule has 0 bridgehead atoms. The van der Waals surface area contributed by atoms with Crippen molar-refractivity contribution in [3.63, 3.8) is 0 Å². The van der Waals surface area contributed by atoms with Crippen LogP contribution in [0.5, 0.6) is 5.75 Å². The highest BCUT2D eigenvalue weighted by atomic mass is 16.5. The minimum atomic E-state index is -0.460. The van der Waals surface area contributed by atoms with Crippen LogP contribution >= 0.6 is 0 Å². The second kappa shape index (κ2) is 10.4. The molecule has 1 aromatic heterocycles. The molecule has 0 radical (unpaired) electrons. The molecule has 3 rings (SSSR count). The number of aromatic nitrogens is 3. The average molecular weight is 374 g/mol. The number of rotatable bonds is 10. The molecule has 0 saturated carbocycles. The number of ether oxygens (including phenoxy) is 1. The first-order valence-electron chi connectivity index (χ1n) is 9.90. The van der Waals surface area contributed by atoms with Gasteiger partial charge in [0.05, 0.1) is 0 Å². The second-order valence-electron chi connectivity index (χ2n) is 7.20. The Bertz CT molecular complexity index is 685. The van der Waals surface area contributed by atoms with Gasteiger partial charge in [-0.3, -0.25) is 5.10 Å². The fourth-order valence-corrected chi connectivity index (χ4v) is 3.39. The topological polar surface area (TPSA) is 86.3 Å². The van der Waals surface area contributed by atoms with Gasteiger partial charge in [0, 0.05) is 31.6 Å². The van der Waals surface area contributed by atoms with Gasteiger partial charge in [-0.25, -0.2) is 4.98 Å². The Kier molecular flexibility index (Phi) is 7.62. The second-order valence-corrected chi connectivity index (χ2v) is 7.20. The van der Waals surface area contributed by atoms with Crippen LogP contribution in [0.25, 0.3) is 0 Å². The van der Waals surface area contributed by atoms with Crippen LogP contribution in [-0.4, -0.2) is 64.1 Å². The number of aliphatic hydroxyl groups excluding tert-OH is 1. The first-order chi connectivity index (χ1) is 13.2. The summed E-state index contributed by atoms with van der Waals surface area (Å²) in [6.07, 6.45) is 4.09. The molecule has 7 heteroatoms. The Labute approximate surface area is 161 Å². The summed E-state index contributed by atoms with van der Waals surface area (Å²) in [5.41, 5.74) is 1.09. The van der Waals surface area contributed by atoms with Crippen molar-refractivity contribution in [1.82, 2.24) is 25.4 Å². The molecule has 0 spiro atoms. The zero-order chi connectivity index (χ0) is 18.9. The lowest BCUT2D eigenvalue weighted by Gasteiger charge is -2.28. The summed E-state index contributed by atoms with van der Waals surface area (Å²) in [7, 11) is 0. The van der Waals surface area contributed by atoms with E-state index in [1.807, 2.05) is 25.1 Å². The van der Waals surface area contributed by atoms with Crippen LogP contribution in [-0.2, 0) is 13.0 Å². The van der Waals surface area contributed by atoms with Crippen molar-refractivity contribution in [2.24, 2.45) is 0 Å². The van der Waals surface area contributed by atoms with E-state index in [9.17, 15) is 5.11 Å². The van der Waals surface area contributed by atoms with E-state index in [-0.39, 0.29) is 0 Å². The van der Waals surface area contributed by atoms with E-state index in [1.165, 1.54) is 19.3 Å². The minimum Gasteiger partial charge on any atom is -0.491 e. The number of hydrogen-bond acceptors (Lipinski definition) is 6. The van der Waals surface area contributed by atoms with E-state index in [4.69, 9.17) is 4.74 Å². The third-order valence-electron chi connectivity index (χ3n) is 4.81. The Morgan fingerprint density at radius 3 is 2.85 bits per heavy atom. The number of aryl methyl sites for hydroxylation is 1. The molecule has 3 N–H and O–H groups in total. The number of para-hydroxylation sites is 1. The number of H-pyrrole nitrogens is 1. The van der Waals surface area contributed by atoms with Gasteiger partial charge in [-0.2, -0.15) is 5.10 Å². The molecule has 0 aliphatic carbocycles. The predicted octanol–water partition coefficient (Wildman–Crippen LogP) is 1.67. The summed E-state index contributed by atoms with van der Waals surface area (Å²) in [4.78, 5) is 6.64. The summed E-state index contributed by atoms with van der Waals surface area (Å²) >= 11 is 0. The summed E-state index contributed by atoms with van der Waals surface area (Å²) in [6.45, 7) is 6.59. The van der Waals surface area contributed by atoms with E-state index >= 15 is 0 Å². The maximum absolute atomic E-state index is 10.3. The molecule has 0 amide bonds. The van der Waals surface area contributed by atoms with Gasteiger partial charge < -0.3 is 20.1 Å². The largest absolute Gasteiger partial charge is 0.491 e. The lowest BCUT2D eigenvalue weighted by atomic mass is 10.1. The summed E-state index contributed by atoms with van der Waals surface area (Å²) in [5, 5.41) is 20.7. The molecule has 1 atom stereocenters. The molecular weight excluding hydrogens is 342 g/mol. The van der Waals surface area contributed by atoms with Crippen molar-refractivity contribution >= 4 is 0 Å². The molecule has 2 aromatic rings. The van der Waals surface area contributed by atoms with Crippen LogP contribution in [0.4, 0.5) is 0 Å². The van der Waals surface area contributed by atoms with Crippen LogP contribution in [0.3, 0.4) is 0 Å². The number of nitrogens with one attached hydrogen (secondary N) is 2. The molecule has 0 unspecified atom stereocenters. The van der Waals surface area contributed by atoms with Gasteiger partial charge in [-0.1, -0.05) is 24.6 Å². The standard InChI is InChI=1S/C20H31N5O2/c1-16-22-20(24-23-16)9-10-21-13-17-7-3-4-8-19(17)27-15-18(26)14-25-11-5-2-6-12-25/h3-4,7-8,18,21,26H,2,5-6,9-15H2,1H3,(H,22,23,24)/t18-/m0/s1. The normalized spacial score (nSPS) is 16.4.